The number of fused-ring (bicyclic) bond motifs is 1. The lowest BCUT2D eigenvalue weighted by Crippen LogP contribution is -2.27. The first-order valence-corrected chi connectivity index (χ1v) is 6.14. The van der Waals surface area contributed by atoms with Gasteiger partial charge in [0.05, 0.1) is 0 Å². The maximum Gasteiger partial charge on any atom is 0.251 e. The highest BCUT2D eigenvalue weighted by Crippen LogP contribution is 2.22. The average Bonchev–Trinajstić information content (AvgIpc) is 2.64. The van der Waals surface area contributed by atoms with E-state index in [9.17, 15) is 9.59 Å². The minimum Gasteiger partial charge on any atom is -0.370 e. The molecule has 2 amide bonds. The fourth-order valence-electron chi connectivity index (χ4n) is 2.00. The van der Waals surface area contributed by atoms with Gasteiger partial charge in [-0.25, -0.2) is 0 Å². The number of rotatable bonds is 4. The Labute approximate surface area is 111 Å². The number of carbonyl (C=O) groups is 2. The van der Waals surface area contributed by atoms with Gasteiger partial charge in [-0.15, -0.1) is 0 Å². The molecule has 0 radical (unpaired) electrons. The van der Waals surface area contributed by atoms with Crippen molar-refractivity contribution in [3.8, 4) is 0 Å². The van der Waals surface area contributed by atoms with Gasteiger partial charge in [-0.1, -0.05) is 0 Å². The van der Waals surface area contributed by atoms with Crippen LogP contribution in [-0.4, -0.2) is 23.3 Å². The molecule has 0 saturated heterocycles. The number of H-pyrrole nitrogens is 1. The Kier molecular flexibility index (Phi) is 3.55. The van der Waals surface area contributed by atoms with Gasteiger partial charge < -0.3 is 16.0 Å². The highest BCUT2D eigenvalue weighted by atomic mass is 16.2. The van der Waals surface area contributed by atoms with Gasteiger partial charge in [0.1, 0.15) is 0 Å². The van der Waals surface area contributed by atoms with Gasteiger partial charge in [0.25, 0.3) is 5.91 Å². The van der Waals surface area contributed by atoms with Crippen LogP contribution in [0, 0.1) is 13.8 Å². The molecular weight excluding hydrogens is 242 g/mol. The van der Waals surface area contributed by atoms with Gasteiger partial charge >= 0.3 is 0 Å². The van der Waals surface area contributed by atoms with E-state index in [2.05, 4.69) is 10.3 Å². The van der Waals surface area contributed by atoms with Crippen molar-refractivity contribution < 1.29 is 9.59 Å². The summed E-state index contributed by atoms with van der Waals surface area (Å²) in [5.41, 5.74) is 8.86. The van der Waals surface area contributed by atoms with Crippen LogP contribution in [0.5, 0.6) is 0 Å². The molecule has 0 aliphatic heterocycles. The quantitative estimate of drug-likeness (QED) is 0.774. The number of primary amides is 1. The summed E-state index contributed by atoms with van der Waals surface area (Å²) in [6.07, 6.45) is 0.149. The SMILES string of the molecule is Cc1[nH]c2ccc(C(=O)NCCC(N)=O)cc2c1C. The lowest BCUT2D eigenvalue weighted by atomic mass is 10.1. The van der Waals surface area contributed by atoms with E-state index in [0.29, 0.717) is 5.56 Å². The third-order valence-electron chi connectivity index (χ3n) is 3.23. The molecule has 1 aromatic carbocycles. The predicted molar refractivity (Wildman–Crippen MR) is 73.9 cm³/mol. The van der Waals surface area contributed by atoms with Gasteiger partial charge in [0.2, 0.25) is 5.91 Å². The van der Waals surface area contributed by atoms with Gasteiger partial charge in [0.15, 0.2) is 0 Å². The summed E-state index contributed by atoms with van der Waals surface area (Å²) in [5.74, 6) is -0.616. The summed E-state index contributed by atoms with van der Waals surface area (Å²) in [6.45, 7) is 4.28. The van der Waals surface area contributed by atoms with Crippen LogP contribution in [0.1, 0.15) is 28.0 Å². The number of hydrogen-bond acceptors (Lipinski definition) is 2. The van der Waals surface area contributed by atoms with Crippen LogP contribution in [0.15, 0.2) is 18.2 Å². The monoisotopic (exact) mass is 259 g/mol. The summed E-state index contributed by atoms with van der Waals surface area (Å²) in [7, 11) is 0. The van der Waals surface area contributed by atoms with Crippen molar-refractivity contribution >= 4 is 22.7 Å². The van der Waals surface area contributed by atoms with Gasteiger partial charge in [0, 0.05) is 35.1 Å². The predicted octanol–water partition coefficient (Wildman–Crippen LogP) is 1.39. The Balaban J connectivity index is 2.18. The van der Waals surface area contributed by atoms with Crippen molar-refractivity contribution in [3.05, 3.63) is 35.0 Å². The first kappa shape index (κ1) is 13.1. The highest BCUT2D eigenvalue weighted by Gasteiger charge is 2.09. The lowest BCUT2D eigenvalue weighted by molar-refractivity contribution is -0.117. The van der Waals surface area contributed by atoms with Crippen LogP contribution in [-0.2, 0) is 4.79 Å². The number of nitrogens with two attached hydrogens (primary N) is 1. The number of aryl methyl sites for hydroxylation is 2. The molecular formula is C14H17N3O2. The normalized spacial score (nSPS) is 10.6. The second-order valence-corrected chi connectivity index (χ2v) is 4.61. The molecule has 2 rings (SSSR count). The van der Waals surface area contributed by atoms with E-state index in [1.807, 2.05) is 26.0 Å². The average molecular weight is 259 g/mol. The van der Waals surface area contributed by atoms with Crippen molar-refractivity contribution in [2.24, 2.45) is 5.73 Å². The molecule has 19 heavy (non-hydrogen) atoms. The molecule has 0 fully saturated rings. The summed E-state index contributed by atoms with van der Waals surface area (Å²) in [6, 6.07) is 5.50. The van der Waals surface area contributed by atoms with Crippen molar-refractivity contribution in [1.29, 1.82) is 0 Å². The van der Waals surface area contributed by atoms with Crippen LogP contribution < -0.4 is 11.1 Å². The summed E-state index contributed by atoms with van der Waals surface area (Å²) in [4.78, 5) is 25.8. The molecule has 0 atom stereocenters. The zero-order valence-electron chi connectivity index (χ0n) is 11.0. The van der Waals surface area contributed by atoms with Crippen molar-refractivity contribution in [3.63, 3.8) is 0 Å². The van der Waals surface area contributed by atoms with E-state index in [1.54, 1.807) is 6.07 Å². The molecule has 1 heterocycles. The molecule has 2 aromatic rings. The van der Waals surface area contributed by atoms with E-state index >= 15 is 0 Å². The van der Waals surface area contributed by atoms with Crippen molar-refractivity contribution in [2.45, 2.75) is 20.3 Å². The third kappa shape index (κ3) is 2.76. The lowest BCUT2D eigenvalue weighted by Gasteiger charge is -2.04. The number of amides is 2. The topological polar surface area (TPSA) is 88.0 Å². The Morgan fingerprint density at radius 1 is 1.32 bits per heavy atom. The minimum absolute atomic E-state index is 0.149. The zero-order chi connectivity index (χ0) is 14.0. The molecule has 5 nitrogen and oxygen atoms in total. The van der Waals surface area contributed by atoms with Crippen LogP contribution in [0.4, 0.5) is 0 Å². The van der Waals surface area contributed by atoms with E-state index in [4.69, 9.17) is 5.73 Å². The van der Waals surface area contributed by atoms with Gasteiger partial charge in [-0.3, -0.25) is 9.59 Å². The van der Waals surface area contributed by atoms with Crippen LogP contribution >= 0.6 is 0 Å². The molecule has 1 aromatic heterocycles. The maximum atomic E-state index is 11.9. The summed E-state index contributed by atoms with van der Waals surface area (Å²) < 4.78 is 0. The largest absolute Gasteiger partial charge is 0.370 e. The molecule has 0 unspecified atom stereocenters. The Hall–Kier alpha value is -2.30. The fourth-order valence-corrected chi connectivity index (χ4v) is 2.00. The smallest absolute Gasteiger partial charge is 0.251 e. The van der Waals surface area contributed by atoms with Crippen molar-refractivity contribution in [1.82, 2.24) is 10.3 Å². The van der Waals surface area contributed by atoms with E-state index in [0.717, 1.165) is 22.2 Å². The molecule has 0 aliphatic carbocycles. The summed E-state index contributed by atoms with van der Waals surface area (Å²) >= 11 is 0. The molecule has 100 valence electrons. The molecule has 0 saturated carbocycles. The number of hydrogen-bond donors (Lipinski definition) is 3. The first-order chi connectivity index (χ1) is 8.99. The summed E-state index contributed by atoms with van der Waals surface area (Å²) in [5, 5.41) is 3.71. The van der Waals surface area contributed by atoms with Crippen molar-refractivity contribution in [2.75, 3.05) is 6.54 Å². The number of benzene rings is 1. The van der Waals surface area contributed by atoms with Gasteiger partial charge in [-0.05, 0) is 37.6 Å². The maximum absolute atomic E-state index is 11.9. The first-order valence-electron chi connectivity index (χ1n) is 6.14. The molecule has 5 heteroatoms. The van der Waals surface area contributed by atoms with Crippen LogP contribution in [0.3, 0.4) is 0 Å². The van der Waals surface area contributed by atoms with E-state index in [-0.39, 0.29) is 18.9 Å². The van der Waals surface area contributed by atoms with E-state index < -0.39 is 5.91 Å². The van der Waals surface area contributed by atoms with E-state index in [1.165, 1.54) is 0 Å². The number of aromatic nitrogens is 1. The Morgan fingerprint density at radius 3 is 2.74 bits per heavy atom. The van der Waals surface area contributed by atoms with Crippen LogP contribution in [0.2, 0.25) is 0 Å². The molecule has 4 N–H and O–H groups in total. The Bertz CT molecular complexity index is 643. The van der Waals surface area contributed by atoms with Crippen LogP contribution in [0.25, 0.3) is 10.9 Å². The minimum atomic E-state index is -0.423. The standard InChI is InChI=1S/C14H17N3O2/c1-8-9(2)17-12-4-3-10(7-11(8)12)14(19)16-6-5-13(15)18/h3-4,7,17H,5-6H2,1-2H3,(H2,15,18)(H,16,19). The molecule has 0 spiro atoms. The number of carbonyl (C=O) groups excluding carboxylic acids is 2. The number of nitrogens with one attached hydrogen (secondary N) is 2. The van der Waals surface area contributed by atoms with Gasteiger partial charge in [-0.2, -0.15) is 0 Å². The Morgan fingerprint density at radius 2 is 2.05 bits per heavy atom. The zero-order valence-corrected chi connectivity index (χ0v) is 11.0. The fraction of sp³-hybridized carbons (Fsp3) is 0.286. The second-order valence-electron chi connectivity index (χ2n) is 4.61. The number of aromatic amines is 1. The third-order valence-corrected chi connectivity index (χ3v) is 3.23. The second kappa shape index (κ2) is 5.14. The highest BCUT2D eigenvalue weighted by molar-refractivity contribution is 5.99. The molecule has 0 aliphatic rings. The molecule has 0 bridgehead atoms.